The fourth-order valence-electron chi connectivity index (χ4n) is 2.93. The number of hydrogen-bond donors (Lipinski definition) is 1. The predicted molar refractivity (Wildman–Crippen MR) is 88.7 cm³/mol. The number of rotatable bonds is 8. The lowest BCUT2D eigenvalue weighted by Crippen LogP contribution is -2.47. The quantitative estimate of drug-likeness (QED) is 0.775. The summed E-state index contributed by atoms with van der Waals surface area (Å²) in [4.78, 5) is 2.57. The van der Waals surface area contributed by atoms with Crippen LogP contribution in [0.25, 0.3) is 0 Å². The van der Waals surface area contributed by atoms with Crippen LogP contribution in [0.1, 0.15) is 52.6 Å². The molecule has 2 N–H and O–H groups in total. The minimum absolute atomic E-state index is 0.0835. The molecule has 2 nitrogen and oxygen atoms in total. The van der Waals surface area contributed by atoms with Gasteiger partial charge in [-0.1, -0.05) is 71.4 Å². The smallest absolute Gasteiger partial charge is 0.0455 e. The lowest BCUT2D eigenvalue weighted by Gasteiger charge is -2.39. The molecular formula is C18H32N2. The van der Waals surface area contributed by atoms with Gasteiger partial charge in [0.05, 0.1) is 0 Å². The van der Waals surface area contributed by atoms with Crippen molar-refractivity contribution in [2.75, 3.05) is 13.1 Å². The topological polar surface area (TPSA) is 29.3 Å². The Morgan fingerprint density at radius 2 is 1.65 bits per heavy atom. The number of nitrogens with zero attached hydrogens (tertiary/aromatic N) is 1. The monoisotopic (exact) mass is 276 g/mol. The average molecular weight is 276 g/mol. The van der Waals surface area contributed by atoms with Crippen LogP contribution >= 0.6 is 0 Å². The molecule has 3 unspecified atom stereocenters. The van der Waals surface area contributed by atoms with Crippen LogP contribution in [0.4, 0.5) is 0 Å². The van der Waals surface area contributed by atoms with Crippen molar-refractivity contribution in [1.29, 1.82) is 0 Å². The molecule has 1 aromatic carbocycles. The third-order valence-electron chi connectivity index (χ3n) is 4.31. The molecule has 3 atom stereocenters. The normalized spacial score (nSPS) is 16.4. The van der Waals surface area contributed by atoms with Gasteiger partial charge in [0.15, 0.2) is 0 Å². The molecule has 0 aliphatic carbocycles. The van der Waals surface area contributed by atoms with Crippen molar-refractivity contribution in [2.24, 2.45) is 17.6 Å². The minimum atomic E-state index is 0.0835. The maximum Gasteiger partial charge on any atom is 0.0455 e. The zero-order valence-corrected chi connectivity index (χ0v) is 13.8. The van der Waals surface area contributed by atoms with Crippen LogP contribution in [0.2, 0.25) is 0 Å². The fourth-order valence-corrected chi connectivity index (χ4v) is 2.93. The molecule has 0 bridgehead atoms. The summed E-state index contributed by atoms with van der Waals surface area (Å²) >= 11 is 0. The van der Waals surface area contributed by atoms with E-state index in [4.69, 9.17) is 5.73 Å². The summed E-state index contributed by atoms with van der Waals surface area (Å²) in [6.45, 7) is 13.6. The largest absolute Gasteiger partial charge is 0.323 e. The molecule has 1 rings (SSSR count). The molecule has 0 radical (unpaired) electrons. The molecule has 0 aliphatic rings. The van der Waals surface area contributed by atoms with E-state index in [-0.39, 0.29) is 6.04 Å². The standard InChI is InChI=1S/C18H32N2/c1-6-15(5)13-20(7-2)18(14(3)4)17(19)16-11-9-8-10-12-16/h8-12,14-15,17-18H,6-7,13,19H2,1-5H3. The predicted octanol–water partition coefficient (Wildman–Crippen LogP) is 4.08. The van der Waals surface area contributed by atoms with Crippen molar-refractivity contribution in [3.8, 4) is 0 Å². The molecule has 0 amide bonds. The van der Waals surface area contributed by atoms with E-state index in [1.807, 2.05) is 0 Å². The van der Waals surface area contributed by atoms with Gasteiger partial charge in [0.25, 0.3) is 0 Å². The highest BCUT2D eigenvalue weighted by Gasteiger charge is 2.28. The maximum atomic E-state index is 6.59. The van der Waals surface area contributed by atoms with Gasteiger partial charge in [-0.15, -0.1) is 0 Å². The number of benzene rings is 1. The second kappa shape index (κ2) is 8.43. The van der Waals surface area contributed by atoms with Crippen LogP contribution in [0.5, 0.6) is 0 Å². The molecule has 1 aromatic rings. The van der Waals surface area contributed by atoms with Crippen LogP contribution in [-0.4, -0.2) is 24.0 Å². The van der Waals surface area contributed by atoms with Crippen LogP contribution in [0.3, 0.4) is 0 Å². The van der Waals surface area contributed by atoms with Crippen molar-refractivity contribution in [3.05, 3.63) is 35.9 Å². The van der Waals surface area contributed by atoms with Crippen molar-refractivity contribution in [2.45, 2.75) is 53.1 Å². The molecule has 0 aromatic heterocycles. The summed E-state index contributed by atoms with van der Waals surface area (Å²) in [5.41, 5.74) is 7.84. The van der Waals surface area contributed by atoms with Gasteiger partial charge in [-0.3, -0.25) is 4.90 Å². The molecule has 20 heavy (non-hydrogen) atoms. The number of nitrogens with two attached hydrogens (primary N) is 1. The van der Waals surface area contributed by atoms with Crippen molar-refractivity contribution < 1.29 is 0 Å². The van der Waals surface area contributed by atoms with Crippen molar-refractivity contribution in [3.63, 3.8) is 0 Å². The van der Waals surface area contributed by atoms with E-state index < -0.39 is 0 Å². The lowest BCUT2D eigenvalue weighted by atomic mass is 9.89. The Morgan fingerprint density at radius 3 is 2.10 bits per heavy atom. The summed E-state index contributed by atoms with van der Waals surface area (Å²) in [6, 6.07) is 11.0. The highest BCUT2D eigenvalue weighted by molar-refractivity contribution is 5.20. The van der Waals surface area contributed by atoms with E-state index in [1.54, 1.807) is 0 Å². The minimum Gasteiger partial charge on any atom is -0.323 e. The molecule has 0 saturated carbocycles. The lowest BCUT2D eigenvalue weighted by molar-refractivity contribution is 0.118. The molecular weight excluding hydrogens is 244 g/mol. The zero-order valence-electron chi connectivity index (χ0n) is 13.8. The van der Waals surface area contributed by atoms with E-state index in [0.29, 0.717) is 12.0 Å². The van der Waals surface area contributed by atoms with Gasteiger partial charge in [-0.25, -0.2) is 0 Å². The van der Waals surface area contributed by atoms with Crippen molar-refractivity contribution >= 4 is 0 Å². The summed E-state index contributed by atoms with van der Waals surface area (Å²) in [7, 11) is 0. The van der Waals surface area contributed by atoms with Crippen LogP contribution in [-0.2, 0) is 0 Å². The first-order valence-corrected chi connectivity index (χ1v) is 8.05. The van der Waals surface area contributed by atoms with Gasteiger partial charge in [0.2, 0.25) is 0 Å². The van der Waals surface area contributed by atoms with Gasteiger partial charge in [0, 0.05) is 18.6 Å². The van der Waals surface area contributed by atoms with Gasteiger partial charge in [-0.05, 0) is 23.9 Å². The van der Waals surface area contributed by atoms with Gasteiger partial charge >= 0.3 is 0 Å². The van der Waals surface area contributed by atoms with E-state index >= 15 is 0 Å². The first kappa shape index (κ1) is 17.2. The zero-order chi connectivity index (χ0) is 15.1. The molecule has 0 saturated heterocycles. The Balaban J connectivity index is 2.91. The van der Waals surface area contributed by atoms with E-state index in [2.05, 4.69) is 69.9 Å². The Labute approximate surface area is 125 Å². The molecule has 2 heteroatoms. The molecule has 0 aliphatic heterocycles. The first-order valence-electron chi connectivity index (χ1n) is 8.05. The highest BCUT2D eigenvalue weighted by atomic mass is 15.2. The second-order valence-corrected chi connectivity index (χ2v) is 6.27. The summed E-state index contributed by atoms with van der Waals surface area (Å²) in [6.07, 6.45) is 1.22. The Morgan fingerprint density at radius 1 is 1.05 bits per heavy atom. The summed E-state index contributed by atoms with van der Waals surface area (Å²) in [5, 5.41) is 0. The Kier molecular flexibility index (Phi) is 7.25. The third-order valence-corrected chi connectivity index (χ3v) is 4.31. The van der Waals surface area contributed by atoms with Crippen LogP contribution < -0.4 is 5.73 Å². The second-order valence-electron chi connectivity index (χ2n) is 6.27. The molecule has 114 valence electrons. The van der Waals surface area contributed by atoms with Crippen LogP contribution in [0.15, 0.2) is 30.3 Å². The van der Waals surface area contributed by atoms with Gasteiger partial charge in [0.1, 0.15) is 0 Å². The molecule has 0 spiro atoms. The third kappa shape index (κ3) is 4.60. The Hall–Kier alpha value is -0.860. The number of hydrogen-bond acceptors (Lipinski definition) is 2. The fraction of sp³-hybridized carbons (Fsp3) is 0.667. The van der Waals surface area contributed by atoms with E-state index in [9.17, 15) is 0 Å². The number of likely N-dealkylation sites (N-methyl/N-ethyl adjacent to an activating group) is 1. The first-order chi connectivity index (χ1) is 9.51. The SMILES string of the molecule is CCC(C)CN(CC)C(C(C)C)C(N)c1ccccc1. The molecule has 0 fully saturated rings. The highest BCUT2D eigenvalue weighted by Crippen LogP contribution is 2.25. The molecule has 0 heterocycles. The maximum absolute atomic E-state index is 6.59. The van der Waals surface area contributed by atoms with Crippen molar-refractivity contribution in [1.82, 2.24) is 4.90 Å². The Bertz CT molecular complexity index is 361. The summed E-state index contributed by atoms with van der Waals surface area (Å²) in [5.74, 6) is 1.27. The van der Waals surface area contributed by atoms with E-state index in [0.717, 1.165) is 19.0 Å². The average Bonchev–Trinajstić information content (AvgIpc) is 2.46. The van der Waals surface area contributed by atoms with Crippen LogP contribution in [0, 0.1) is 11.8 Å². The van der Waals surface area contributed by atoms with E-state index in [1.165, 1.54) is 12.0 Å². The summed E-state index contributed by atoms with van der Waals surface area (Å²) < 4.78 is 0. The van der Waals surface area contributed by atoms with Gasteiger partial charge < -0.3 is 5.73 Å². The van der Waals surface area contributed by atoms with Gasteiger partial charge in [-0.2, -0.15) is 0 Å².